The molecule has 1 aliphatic rings. The van der Waals surface area contributed by atoms with E-state index in [0.717, 1.165) is 52.0 Å². The van der Waals surface area contributed by atoms with E-state index in [9.17, 15) is 0 Å². The molecule has 0 atom stereocenters. The fourth-order valence-electron chi connectivity index (χ4n) is 2.86. The smallest absolute Gasteiger partial charge is 0.0623 e. The van der Waals surface area contributed by atoms with Crippen LogP contribution in [0, 0.1) is 0 Å². The van der Waals surface area contributed by atoms with Crippen molar-refractivity contribution >= 4 is 34.7 Å². The van der Waals surface area contributed by atoms with Crippen LogP contribution in [0.5, 0.6) is 0 Å². The van der Waals surface area contributed by atoms with Crippen molar-refractivity contribution in [2.45, 2.75) is 6.92 Å². The summed E-state index contributed by atoms with van der Waals surface area (Å²) in [5.41, 5.74) is 12.3. The van der Waals surface area contributed by atoms with Crippen LogP contribution in [0.3, 0.4) is 0 Å². The summed E-state index contributed by atoms with van der Waals surface area (Å²) in [7, 11) is 0. The SMILES string of the molecule is C=Cc1ccc2c(c1)N(c1ccc(Cl)cc1)CCN/C2=C(/C)N. The molecule has 2 aromatic rings. The number of fused-ring (bicyclic) bond motifs is 1. The van der Waals surface area contributed by atoms with Crippen molar-refractivity contribution in [1.82, 2.24) is 5.32 Å². The van der Waals surface area contributed by atoms with E-state index in [4.69, 9.17) is 17.3 Å². The lowest BCUT2D eigenvalue weighted by Crippen LogP contribution is -2.24. The van der Waals surface area contributed by atoms with E-state index < -0.39 is 0 Å². The second-order valence-electron chi connectivity index (χ2n) is 5.59. The molecule has 4 heteroatoms. The number of rotatable bonds is 2. The molecule has 0 saturated heterocycles. The summed E-state index contributed by atoms with van der Waals surface area (Å²) in [5, 5.41) is 4.18. The summed E-state index contributed by atoms with van der Waals surface area (Å²) >= 11 is 6.03. The molecule has 1 heterocycles. The van der Waals surface area contributed by atoms with Crippen molar-refractivity contribution in [3.63, 3.8) is 0 Å². The number of anilines is 2. The third kappa shape index (κ3) is 3.06. The van der Waals surface area contributed by atoms with Gasteiger partial charge in [-0.05, 0) is 42.8 Å². The van der Waals surface area contributed by atoms with E-state index in [1.54, 1.807) is 0 Å². The van der Waals surface area contributed by atoms with Gasteiger partial charge in [0.25, 0.3) is 0 Å². The molecule has 0 bridgehead atoms. The monoisotopic (exact) mass is 325 g/mol. The molecule has 3 nitrogen and oxygen atoms in total. The van der Waals surface area contributed by atoms with Gasteiger partial charge in [0.05, 0.1) is 11.4 Å². The van der Waals surface area contributed by atoms with Crippen molar-refractivity contribution in [3.05, 3.63) is 70.9 Å². The van der Waals surface area contributed by atoms with Crippen LogP contribution in [0.2, 0.25) is 5.02 Å². The number of nitrogens with zero attached hydrogens (tertiary/aromatic N) is 1. The van der Waals surface area contributed by atoms with Crippen molar-refractivity contribution in [3.8, 4) is 0 Å². The van der Waals surface area contributed by atoms with E-state index in [0.29, 0.717) is 0 Å². The Morgan fingerprint density at radius 3 is 2.65 bits per heavy atom. The maximum Gasteiger partial charge on any atom is 0.0623 e. The van der Waals surface area contributed by atoms with Gasteiger partial charge in [-0.1, -0.05) is 36.4 Å². The number of nitrogens with one attached hydrogen (secondary N) is 1. The number of benzene rings is 2. The summed E-state index contributed by atoms with van der Waals surface area (Å²) in [4.78, 5) is 2.28. The van der Waals surface area contributed by atoms with Gasteiger partial charge in [0.1, 0.15) is 0 Å². The topological polar surface area (TPSA) is 41.3 Å². The number of hydrogen-bond donors (Lipinski definition) is 2. The first-order valence-electron chi connectivity index (χ1n) is 7.60. The van der Waals surface area contributed by atoms with E-state index in [2.05, 4.69) is 35.0 Å². The summed E-state index contributed by atoms with van der Waals surface area (Å²) in [5.74, 6) is 0. The predicted molar refractivity (Wildman–Crippen MR) is 99.8 cm³/mol. The first-order valence-corrected chi connectivity index (χ1v) is 7.98. The highest BCUT2D eigenvalue weighted by Gasteiger charge is 2.20. The van der Waals surface area contributed by atoms with Crippen molar-refractivity contribution in [2.75, 3.05) is 18.0 Å². The lowest BCUT2D eigenvalue weighted by atomic mass is 10.0. The van der Waals surface area contributed by atoms with E-state index in [-0.39, 0.29) is 0 Å². The van der Waals surface area contributed by atoms with Gasteiger partial charge in [0, 0.05) is 35.1 Å². The van der Waals surface area contributed by atoms with Crippen LogP contribution in [0.25, 0.3) is 11.8 Å². The second kappa shape index (κ2) is 6.39. The molecule has 0 aromatic heterocycles. The van der Waals surface area contributed by atoms with Gasteiger partial charge in [-0.2, -0.15) is 0 Å². The Kier molecular flexibility index (Phi) is 4.30. The van der Waals surface area contributed by atoms with Crippen LogP contribution < -0.4 is 16.0 Å². The molecule has 0 fully saturated rings. The number of allylic oxidation sites excluding steroid dienone is 1. The molecular weight excluding hydrogens is 306 g/mol. The number of nitrogens with two attached hydrogens (primary N) is 1. The summed E-state index contributed by atoms with van der Waals surface area (Å²) in [6.45, 7) is 7.45. The highest BCUT2D eigenvalue weighted by molar-refractivity contribution is 6.30. The fourth-order valence-corrected chi connectivity index (χ4v) is 2.99. The summed E-state index contributed by atoms with van der Waals surface area (Å²) in [6, 6.07) is 14.2. The normalized spacial score (nSPS) is 16.2. The lowest BCUT2D eigenvalue weighted by Gasteiger charge is -2.25. The van der Waals surface area contributed by atoms with Gasteiger partial charge in [-0.15, -0.1) is 0 Å². The Labute approximate surface area is 142 Å². The Hall–Kier alpha value is -2.39. The molecule has 118 valence electrons. The third-order valence-corrected chi connectivity index (χ3v) is 4.24. The third-order valence-electron chi connectivity index (χ3n) is 3.99. The molecule has 0 unspecified atom stereocenters. The van der Waals surface area contributed by atoms with E-state index in [1.807, 2.05) is 37.3 Å². The molecule has 0 radical (unpaired) electrons. The average molecular weight is 326 g/mol. The maximum absolute atomic E-state index is 6.09. The maximum atomic E-state index is 6.09. The van der Waals surface area contributed by atoms with Crippen LogP contribution in [0.1, 0.15) is 18.1 Å². The molecule has 3 N–H and O–H groups in total. The van der Waals surface area contributed by atoms with Crippen LogP contribution in [-0.2, 0) is 0 Å². The van der Waals surface area contributed by atoms with Crippen molar-refractivity contribution in [2.24, 2.45) is 5.73 Å². The van der Waals surface area contributed by atoms with Crippen LogP contribution in [0.4, 0.5) is 11.4 Å². The first-order chi connectivity index (χ1) is 11.1. The van der Waals surface area contributed by atoms with Gasteiger partial charge in [-0.25, -0.2) is 0 Å². The minimum absolute atomic E-state index is 0.736. The quantitative estimate of drug-likeness (QED) is 0.861. The molecule has 0 aliphatic carbocycles. The predicted octanol–water partition coefficient (Wildman–Crippen LogP) is 4.37. The minimum Gasteiger partial charge on any atom is -0.401 e. The van der Waals surface area contributed by atoms with Gasteiger partial charge < -0.3 is 16.0 Å². The van der Waals surface area contributed by atoms with E-state index in [1.165, 1.54) is 0 Å². The number of halogens is 1. The first kappa shape index (κ1) is 15.5. The zero-order valence-electron chi connectivity index (χ0n) is 13.1. The largest absolute Gasteiger partial charge is 0.401 e. The molecule has 0 saturated carbocycles. The van der Waals surface area contributed by atoms with Crippen LogP contribution in [0.15, 0.2) is 54.7 Å². The Balaban J connectivity index is 2.18. The summed E-state index contributed by atoms with van der Waals surface area (Å²) in [6.07, 6.45) is 1.86. The number of hydrogen-bond acceptors (Lipinski definition) is 3. The highest BCUT2D eigenvalue weighted by Crippen LogP contribution is 2.35. The average Bonchev–Trinajstić information content (AvgIpc) is 2.74. The van der Waals surface area contributed by atoms with Crippen LogP contribution in [-0.4, -0.2) is 13.1 Å². The molecule has 0 amide bonds. The molecular formula is C19H20ClN3. The standard InChI is InChI=1S/C19H20ClN3/c1-3-14-4-9-17-18(12-14)23(11-10-22-19(17)13(2)21)16-7-5-15(20)6-8-16/h3-9,12,22H,1,10-11,21H2,2H3/b19-13-. The molecule has 23 heavy (non-hydrogen) atoms. The zero-order valence-corrected chi connectivity index (χ0v) is 13.9. The van der Waals surface area contributed by atoms with Gasteiger partial charge in [-0.3, -0.25) is 0 Å². The van der Waals surface area contributed by atoms with E-state index >= 15 is 0 Å². The van der Waals surface area contributed by atoms with Gasteiger partial charge in [0.15, 0.2) is 0 Å². The van der Waals surface area contributed by atoms with Crippen molar-refractivity contribution < 1.29 is 0 Å². The second-order valence-corrected chi connectivity index (χ2v) is 6.03. The van der Waals surface area contributed by atoms with Crippen LogP contribution >= 0.6 is 11.6 Å². The van der Waals surface area contributed by atoms with Gasteiger partial charge >= 0.3 is 0 Å². The molecule has 0 spiro atoms. The Morgan fingerprint density at radius 1 is 1.26 bits per heavy atom. The summed E-state index contributed by atoms with van der Waals surface area (Å²) < 4.78 is 0. The van der Waals surface area contributed by atoms with Crippen molar-refractivity contribution in [1.29, 1.82) is 0 Å². The Bertz CT molecular complexity index is 759. The minimum atomic E-state index is 0.736. The molecule has 2 aromatic carbocycles. The molecule has 1 aliphatic heterocycles. The van der Waals surface area contributed by atoms with Gasteiger partial charge in [0.2, 0.25) is 0 Å². The molecule has 3 rings (SSSR count). The fraction of sp³-hybridized carbons (Fsp3) is 0.158. The lowest BCUT2D eigenvalue weighted by molar-refractivity contribution is 0.846. The zero-order chi connectivity index (χ0) is 16.4. The highest BCUT2D eigenvalue weighted by atomic mass is 35.5. The Morgan fingerprint density at radius 2 is 2.00 bits per heavy atom.